The van der Waals surface area contributed by atoms with E-state index in [4.69, 9.17) is 5.73 Å². The molecule has 104 valence electrons. The fourth-order valence-electron chi connectivity index (χ4n) is 3.69. The van der Waals surface area contributed by atoms with Crippen LogP contribution in [0.2, 0.25) is 0 Å². The standard InChI is InChI=1S/C16H25N3/c1-12-8-14(9-17)5-6-16(12)19-11-15-4-3-7-18(15)10-13(19)2/h5-6,8,13,15H,3-4,7,9-11,17H2,1-2H3. The highest BCUT2D eigenvalue weighted by atomic mass is 15.3. The van der Waals surface area contributed by atoms with Crippen molar-refractivity contribution in [1.82, 2.24) is 4.90 Å². The van der Waals surface area contributed by atoms with Crippen LogP contribution in [0, 0.1) is 6.92 Å². The summed E-state index contributed by atoms with van der Waals surface area (Å²) in [6.07, 6.45) is 2.74. The van der Waals surface area contributed by atoms with Gasteiger partial charge >= 0.3 is 0 Å². The van der Waals surface area contributed by atoms with Gasteiger partial charge in [0.2, 0.25) is 0 Å². The fourth-order valence-corrected chi connectivity index (χ4v) is 3.69. The van der Waals surface area contributed by atoms with Gasteiger partial charge in [-0.2, -0.15) is 0 Å². The van der Waals surface area contributed by atoms with Crippen molar-refractivity contribution in [2.75, 3.05) is 24.5 Å². The lowest BCUT2D eigenvalue weighted by atomic mass is 10.0. The number of fused-ring (bicyclic) bond motifs is 1. The highest BCUT2D eigenvalue weighted by Gasteiger charge is 2.34. The molecule has 2 atom stereocenters. The molecule has 2 saturated heterocycles. The second-order valence-electron chi connectivity index (χ2n) is 6.12. The number of benzene rings is 1. The molecule has 0 saturated carbocycles. The van der Waals surface area contributed by atoms with E-state index in [1.54, 1.807) is 0 Å². The van der Waals surface area contributed by atoms with E-state index in [1.807, 2.05) is 0 Å². The van der Waals surface area contributed by atoms with E-state index in [0.717, 1.165) is 6.04 Å². The molecular formula is C16H25N3. The molecule has 3 nitrogen and oxygen atoms in total. The molecule has 3 rings (SSSR count). The van der Waals surface area contributed by atoms with Crippen LogP contribution in [0.3, 0.4) is 0 Å². The second-order valence-corrected chi connectivity index (χ2v) is 6.12. The maximum absolute atomic E-state index is 5.72. The first-order valence-corrected chi connectivity index (χ1v) is 7.49. The Morgan fingerprint density at radius 3 is 2.89 bits per heavy atom. The Morgan fingerprint density at radius 1 is 1.32 bits per heavy atom. The monoisotopic (exact) mass is 259 g/mol. The quantitative estimate of drug-likeness (QED) is 0.883. The van der Waals surface area contributed by atoms with Gasteiger partial charge in [0.1, 0.15) is 0 Å². The Balaban J connectivity index is 1.84. The number of nitrogens with zero attached hydrogens (tertiary/aromatic N) is 2. The molecule has 0 aliphatic carbocycles. The molecule has 2 aliphatic rings. The highest BCUT2D eigenvalue weighted by Crippen LogP contribution is 2.30. The molecule has 2 N–H and O–H groups in total. The van der Waals surface area contributed by atoms with E-state index in [2.05, 4.69) is 41.8 Å². The molecule has 1 aromatic carbocycles. The lowest BCUT2D eigenvalue weighted by molar-refractivity contribution is 0.203. The molecule has 0 radical (unpaired) electrons. The Labute approximate surface area is 116 Å². The highest BCUT2D eigenvalue weighted by molar-refractivity contribution is 5.56. The number of piperazine rings is 1. The van der Waals surface area contributed by atoms with Gasteiger partial charge in [-0.1, -0.05) is 12.1 Å². The van der Waals surface area contributed by atoms with E-state index in [-0.39, 0.29) is 0 Å². The van der Waals surface area contributed by atoms with Crippen LogP contribution in [0.5, 0.6) is 0 Å². The van der Waals surface area contributed by atoms with Crippen LogP contribution in [0.15, 0.2) is 18.2 Å². The van der Waals surface area contributed by atoms with Gasteiger partial charge in [0.25, 0.3) is 0 Å². The van der Waals surface area contributed by atoms with Crippen molar-refractivity contribution in [3.05, 3.63) is 29.3 Å². The van der Waals surface area contributed by atoms with Crippen LogP contribution in [0.4, 0.5) is 5.69 Å². The van der Waals surface area contributed by atoms with Gasteiger partial charge in [-0.05, 0) is 50.4 Å². The summed E-state index contributed by atoms with van der Waals surface area (Å²) in [6, 6.07) is 8.05. The largest absolute Gasteiger partial charge is 0.366 e. The topological polar surface area (TPSA) is 32.5 Å². The van der Waals surface area contributed by atoms with Gasteiger partial charge in [0.15, 0.2) is 0 Å². The zero-order valence-electron chi connectivity index (χ0n) is 12.1. The summed E-state index contributed by atoms with van der Waals surface area (Å²) in [4.78, 5) is 5.27. The summed E-state index contributed by atoms with van der Waals surface area (Å²) >= 11 is 0. The third-order valence-corrected chi connectivity index (χ3v) is 4.74. The molecule has 3 heteroatoms. The van der Waals surface area contributed by atoms with Crippen LogP contribution in [-0.2, 0) is 6.54 Å². The average Bonchev–Trinajstić information content (AvgIpc) is 2.85. The minimum Gasteiger partial charge on any atom is -0.366 e. The molecule has 1 aromatic rings. The van der Waals surface area contributed by atoms with Crippen LogP contribution in [-0.4, -0.2) is 36.6 Å². The Morgan fingerprint density at radius 2 is 2.16 bits per heavy atom. The molecule has 19 heavy (non-hydrogen) atoms. The molecular weight excluding hydrogens is 234 g/mol. The van der Waals surface area contributed by atoms with Gasteiger partial charge in [-0.25, -0.2) is 0 Å². The number of rotatable bonds is 2. The normalized spacial score (nSPS) is 27.6. The van der Waals surface area contributed by atoms with Crippen LogP contribution in [0.1, 0.15) is 30.9 Å². The van der Waals surface area contributed by atoms with Crippen LogP contribution >= 0.6 is 0 Å². The predicted molar refractivity (Wildman–Crippen MR) is 80.5 cm³/mol. The van der Waals surface area contributed by atoms with Gasteiger partial charge in [-0.3, -0.25) is 4.90 Å². The van der Waals surface area contributed by atoms with Crippen molar-refractivity contribution >= 4 is 5.69 Å². The smallest absolute Gasteiger partial charge is 0.0399 e. The summed E-state index contributed by atoms with van der Waals surface area (Å²) in [7, 11) is 0. The molecule has 2 unspecified atom stereocenters. The maximum atomic E-state index is 5.72. The number of hydrogen-bond donors (Lipinski definition) is 1. The Bertz CT molecular complexity index is 457. The first kappa shape index (κ1) is 12.9. The molecule has 0 amide bonds. The van der Waals surface area contributed by atoms with E-state index < -0.39 is 0 Å². The maximum Gasteiger partial charge on any atom is 0.0399 e. The minimum absolute atomic E-state index is 0.608. The van der Waals surface area contributed by atoms with E-state index >= 15 is 0 Å². The van der Waals surface area contributed by atoms with Gasteiger partial charge in [0, 0.05) is 37.4 Å². The van der Waals surface area contributed by atoms with Gasteiger partial charge in [0.05, 0.1) is 0 Å². The molecule has 2 fully saturated rings. The fraction of sp³-hybridized carbons (Fsp3) is 0.625. The number of aryl methyl sites for hydroxylation is 1. The lowest BCUT2D eigenvalue weighted by Gasteiger charge is -2.44. The third kappa shape index (κ3) is 2.37. The predicted octanol–water partition coefficient (Wildman–Crippen LogP) is 2.13. The van der Waals surface area contributed by atoms with Crippen molar-refractivity contribution in [1.29, 1.82) is 0 Å². The molecule has 2 aliphatic heterocycles. The zero-order valence-corrected chi connectivity index (χ0v) is 12.1. The zero-order chi connectivity index (χ0) is 13.4. The molecule has 0 bridgehead atoms. The Kier molecular flexibility index (Phi) is 3.50. The van der Waals surface area contributed by atoms with Crippen molar-refractivity contribution in [2.45, 2.75) is 45.3 Å². The summed E-state index contributed by atoms with van der Waals surface area (Å²) in [5.74, 6) is 0. The van der Waals surface area contributed by atoms with Crippen molar-refractivity contribution in [3.8, 4) is 0 Å². The molecule has 0 spiro atoms. The van der Waals surface area contributed by atoms with Crippen molar-refractivity contribution < 1.29 is 0 Å². The summed E-state index contributed by atoms with van der Waals surface area (Å²) in [5, 5.41) is 0. The Hall–Kier alpha value is -1.06. The SMILES string of the molecule is Cc1cc(CN)ccc1N1CC2CCCN2CC1C. The third-order valence-electron chi connectivity index (χ3n) is 4.74. The summed E-state index contributed by atoms with van der Waals surface area (Å²) < 4.78 is 0. The lowest BCUT2D eigenvalue weighted by Crippen LogP contribution is -2.55. The van der Waals surface area contributed by atoms with Gasteiger partial charge in [-0.15, -0.1) is 0 Å². The number of hydrogen-bond acceptors (Lipinski definition) is 3. The minimum atomic E-state index is 0.608. The van der Waals surface area contributed by atoms with Crippen LogP contribution < -0.4 is 10.6 Å². The number of nitrogens with two attached hydrogens (primary N) is 1. The van der Waals surface area contributed by atoms with Gasteiger partial charge < -0.3 is 10.6 Å². The van der Waals surface area contributed by atoms with Crippen LogP contribution in [0.25, 0.3) is 0 Å². The van der Waals surface area contributed by atoms with Crippen molar-refractivity contribution in [2.24, 2.45) is 5.73 Å². The van der Waals surface area contributed by atoms with Crippen molar-refractivity contribution in [3.63, 3.8) is 0 Å². The molecule has 0 aromatic heterocycles. The number of anilines is 1. The first-order valence-electron chi connectivity index (χ1n) is 7.49. The summed E-state index contributed by atoms with van der Waals surface area (Å²) in [6.45, 7) is 8.89. The first-order chi connectivity index (χ1) is 9.19. The van der Waals surface area contributed by atoms with E-state index in [9.17, 15) is 0 Å². The second kappa shape index (κ2) is 5.14. The van der Waals surface area contributed by atoms with E-state index in [0.29, 0.717) is 12.6 Å². The van der Waals surface area contributed by atoms with E-state index in [1.165, 1.54) is 49.3 Å². The summed E-state index contributed by atoms with van der Waals surface area (Å²) in [5.41, 5.74) is 9.72. The molecule has 2 heterocycles. The average molecular weight is 259 g/mol.